The molecular formula is C20H14ClN3. The monoisotopic (exact) mass is 331 g/mol. The van der Waals surface area contributed by atoms with E-state index in [4.69, 9.17) is 12.2 Å². The van der Waals surface area contributed by atoms with E-state index in [0.29, 0.717) is 5.69 Å². The highest BCUT2D eigenvalue weighted by atomic mass is 35.5. The molecule has 0 bridgehead atoms. The van der Waals surface area contributed by atoms with E-state index in [2.05, 4.69) is 40.2 Å². The van der Waals surface area contributed by atoms with Crippen LogP contribution in [-0.2, 0) is 0 Å². The normalized spacial score (nSPS) is 10.3. The van der Waals surface area contributed by atoms with E-state index < -0.39 is 0 Å². The first-order valence-electron chi connectivity index (χ1n) is 7.26. The van der Waals surface area contributed by atoms with E-state index >= 15 is 0 Å². The largest absolute Gasteiger partial charge is 0.399 e. The van der Waals surface area contributed by atoms with Crippen LogP contribution in [0.25, 0.3) is 32.9 Å². The van der Waals surface area contributed by atoms with Crippen molar-refractivity contribution in [2.45, 2.75) is 0 Å². The molecule has 0 atom stereocenters. The number of anilines is 1. The lowest BCUT2D eigenvalue weighted by atomic mass is 9.99. The number of rotatable bonds is 1. The molecule has 1 aromatic heterocycles. The topological polar surface area (TPSA) is 51.8 Å². The lowest BCUT2D eigenvalue weighted by molar-refractivity contribution is 1.23. The van der Waals surface area contributed by atoms with Crippen molar-refractivity contribution in [2.24, 2.45) is 0 Å². The summed E-state index contributed by atoms with van der Waals surface area (Å²) in [6.45, 7) is 0. The molecule has 0 saturated carbocycles. The number of halogens is 1. The van der Waals surface area contributed by atoms with Gasteiger partial charge in [0.15, 0.2) is 0 Å². The van der Waals surface area contributed by atoms with Crippen LogP contribution in [0.2, 0.25) is 0 Å². The lowest BCUT2D eigenvalue weighted by Gasteiger charge is -2.09. The molecule has 4 aromatic rings. The Labute approximate surface area is 146 Å². The van der Waals surface area contributed by atoms with Gasteiger partial charge in [-0.3, -0.25) is 0 Å². The van der Waals surface area contributed by atoms with Gasteiger partial charge in [0, 0.05) is 22.2 Å². The molecule has 0 unspecified atom stereocenters. The second kappa shape index (κ2) is 6.19. The van der Waals surface area contributed by atoms with Gasteiger partial charge in [0.1, 0.15) is 6.33 Å². The van der Waals surface area contributed by atoms with Gasteiger partial charge in [0.05, 0.1) is 11.2 Å². The number of nitrogens with zero attached hydrogens (tertiary/aromatic N) is 2. The van der Waals surface area contributed by atoms with E-state index in [0.717, 1.165) is 38.5 Å². The summed E-state index contributed by atoms with van der Waals surface area (Å²) in [6.07, 6.45) is 7.22. The minimum Gasteiger partial charge on any atom is -0.399 e. The summed E-state index contributed by atoms with van der Waals surface area (Å²) >= 11 is 0. The van der Waals surface area contributed by atoms with Crippen molar-refractivity contribution in [3.8, 4) is 23.6 Å². The van der Waals surface area contributed by atoms with Crippen molar-refractivity contribution >= 4 is 39.8 Å². The predicted octanol–water partition coefficient (Wildman–Crippen LogP) is 4.44. The fourth-order valence-corrected chi connectivity index (χ4v) is 2.85. The molecule has 0 aliphatic heterocycles. The SMILES string of the molecule is C#Cc1cc(N)ccc1-c1ncnc2cc3ccccc3cc12.Cl. The Hall–Kier alpha value is -3.09. The van der Waals surface area contributed by atoms with E-state index in [1.807, 2.05) is 24.3 Å². The van der Waals surface area contributed by atoms with Crippen LogP contribution < -0.4 is 5.73 Å². The minimum atomic E-state index is 0. The maximum atomic E-state index is 5.84. The Morgan fingerprint density at radius 2 is 1.67 bits per heavy atom. The molecule has 0 saturated heterocycles. The summed E-state index contributed by atoms with van der Waals surface area (Å²) in [5.74, 6) is 2.70. The average molecular weight is 332 g/mol. The van der Waals surface area contributed by atoms with Crippen molar-refractivity contribution in [3.05, 3.63) is 66.5 Å². The molecule has 24 heavy (non-hydrogen) atoms. The zero-order valence-electron chi connectivity index (χ0n) is 12.7. The zero-order valence-corrected chi connectivity index (χ0v) is 13.5. The van der Waals surface area contributed by atoms with E-state index in [1.54, 1.807) is 12.4 Å². The number of nitrogen functional groups attached to an aromatic ring is 1. The summed E-state index contributed by atoms with van der Waals surface area (Å²) in [6, 6.07) is 17.9. The van der Waals surface area contributed by atoms with Crippen molar-refractivity contribution in [2.75, 3.05) is 5.73 Å². The molecule has 116 valence electrons. The molecule has 4 rings (SSSR count). The Morgan fingerprint density at radius 3 is 2.42 bits per heavy atom. The molecule has 0 fully saturated rings. The third kappa shape index (κ3) is 2.54. The smallest absolute Gasteiger partial charge is 0.116 e. The Balaban J connectivity index is 0.00000169. The van der Waals surface area contributed by atoms with Gasteiger partial charge in [0.25, 0.3) is 0 Å². The van der Waals surface area contributed by atoms with Gasteiger partial charge in [0.2, 0.25) is 0 Å². The molecule has 2 N–H and O–H groups in total. The summed E-state index contributed by atoms with van der Waals surface area (Å²) in [5.41, 5.74) is 9.84. The number of hydrogen-bond acceptors (Lipinski definition) is 3. The molecule has 0 amide bonds. The van der Waals surface area contributed by atoms with Crippen molar-refractivity contribution in [1.29, 1.82) is 0 Å². The molecule has 0 aliphatic rings. The van der Waals surface area contributed by atoms with Crippen molar-refractivity contribution < 1.29 is 0 Å². The van der Waals surface area contributed by atoms with Crippen LogP contribution in [0.3, 0.4) is 0 Å². The third-order valence-corrected chi connectivity index (χ3v) is 3.96. The molecule has 3 nitrogen and oxygen atoms in total. The van der Waals surface area contributed by atoms with Crippen molar-refractivity contribution in [1.82, 2.24) is 9.97 Å². The molecular weight excluding hydrogens is 318 g/mol. The van der Waals surface area contributed by atoms with Crippen LogP contribution in [0.15, 0.2) is 60.9 Å². The summed E-state index contributed by atoms with van der Waals surface area (Å²) in [4.78, 5) is 8.88. The first kappa shape index (κ1) is 15.8. The Bertz CT molecular complexity index is 1100. The number of hydrogen-bond donors (Lipinski definition) is 1. The third-order valence-electron chi connectivity index (χ3n) is 3.96. The number of fused-ring (bicyclic) bond motifs is 2. The molecule has 0 aliphatic carbocycles. The molecule has 0 radical (unpaired) electrons. The minimum absolute atomic E-state index is 0. The lowest BCUT2D eigenvalue weighted by Crippen LogP contribution is -1.94. The van der Waals surface area contributed by atoms with Gasteiger partial charge in [-0.05, 0) is 41.1 Å². The van der Waals surface area contributed by atoms with Gasteiger partial charge in [-0.2, -0.15) is 0 Å². The van der Waals surface area contributed by atoms with Gasteiger partial charge in [-0.1, -0.05) is 30.2 Å². The van der Waals surface area contributed by atoms with E-state index in [-0.39, 0.29) is 12.4 Å². The highest BCUT2D eigenvalue weighted by molar-refractivity contribution is 6.02. The fourth-order valence-electron chi connectivity index (χ4n) is 2.85. The predicted molar refractivity (Wildman–Crippen MR) is 102 cm³/mol. The zero-order chi connectivity index (χ0) is 15.8. The van der Waals surface area contributed by atoms with Crippen LogP contribution in [-0.4, -0.2) is 9.97 Å². The maximum absolute atomic E-state index is 5.84. The first-order chi connectivity index (χ1) is 11.3. The summed E-state index contributed by atoms with van der Waals surface area (Å²) in [5, 5.41) is 3.28. The van der Waals surface area contributed by atoms with Gasteiger partial charge >= 0.3 is 0 Å². The highest BCUT2D eigenvalue weighted by Crippen LogP contribution is 2.31. The molecule has 0 spiro atoms. The highest BCUT2D eigenvalue weighted by Gasteiger charge is 2.11. The second-order valence-corrected chi connectivity index (χ2v) is 5.39. The van der Waals surface area contributed by atoms with E-state index in [1.165, 1.54) is 0 Å². The van der Waals surface area contributed by atoms with Gasteiger partial charge in [-0.25, -0.2) is 9.97 Å². The number of nitrogens with two attached hydrogens (primary N) is 1. The maximum Gasteiger partial charge on any atom is 0.116 e. The van der Waals surface area contributed by atoms with Crippen molar-refractivity contribution in [3.63, 3.8) is 0 Å². The number of aromatic nitrogens is 2. The molecule has 3 aromatic carbocycles. The second-order valence-electron chi connectivity index (χ2n) is 5.39. The average Bonchev–Trinajstić information content (AvgIpc) is 2.59. The van der Waals surface area contributed by atoms with Crippen LogP contribution in [0, 0.1) is 12.3 Å². The van der Waals surface area contributed by atoms with Crippen LogP contribution in [0.4, 0.5) is 5.69 Å². The molecule has 1 heterocycles. The van der Waals surface area contributed by atoms with Crippen LogP contribution in [0.5, 0.6) is 0 Å². The summed E-state index contributed by atoms with van der Waals surface area (Å²) < 4.78 is 0. The number of benzene rings is 3. The number of terminal acetylenes is 1. The summed E-state index contributed by atoms with van der Waals surface area (Å²) in [7, 11) is 0. The van der Waals surface area contributed by atoms with Gasteiger partial charge in [-0.15, -0.1) is 18.8 Å². The standard InChI is InChI=1S/C20H13N3.ClH/c1-2-13-9-16(21)7-8-17(13)20-18-10-14-5-3-4-6-15(14)11-19(18)22-12-23-20;/h1,3-12H,21H2;1H. The fraction of sp³-hybridized carbons (Fsp3) is 0. The first-order valence-corrected chi connectivity index (χ1v) is 7.26. The quantitative estimate of drug-likeness (QED) is 0.319. The van der Waals surface area contributed by atoms with Crippen LogP contribution in [0.1, 0.15) is 5.56 Å². The Morgan fingerprint density at radius 1 is 0.917 bits per heavy atom. The van der Waals surface area contributed by atoms with Crippen LogP contribution >= 0.6 is 12.4 Å². The van der Waals surface area contributed by atoms with Gasteiger partial charge < -0.3 is 5.73 Å². The molecule has 4 heteroatoms. The van der Waals surface area contributed by atoms with E-state index in [9.17, 15) is 0 Å². The Kier molecular flexibility index (Phi) is 4.07.